The molecular formula is C18H24N4O2S. The molecule has 0 atom stereocenters. The van der Waals surface area contributed by atoms with Crippen LogP contribution >= 0.6 is 11.8 Å². The van der Waals surface area contributed by atoms with Gasteiger partial charge in [0.2, 0.25) is 11.1 Å². The second-order valence-corrected chi connectivity index (χ2v) is 7.22. The van der Waals surface area contributed by atoms with Crippen molar-refractivity contribution in [2.24, 2.45) is 0 Å². The summed E-state index contributed by atoms with van der Waals surface area (Å²) in [6.45, 7) is 0. The Morgan fingerprint density at radius 1 is 1.28 bits per heavy atom. The average molecular weight is 360 g/mol. The molecule has 1 N–H and O–H groups in total. The zero-order chi connectivity index (χ0) is 17.6. The molecule has 0 radical (unpaired) electrons. The first-order valence-corrected chi connectivity index (χ1v) is 9.61. The first-order valence-electron chi connectivity index (χ1n) is 8.62. The van der Waals surface area contributed by atoms with Crippen LogP contribution in [-0.2, 0) is 4.79 Å². The fourth-order valence-electron chi connectivity index (χ4n) is 3.09. The highest BCUT2D eigenvalue weighted by Crippen LogP contribution is 2.24. The van der Waals surface area contributed by atoms with Crippen molar-refractivity contribution >= 4 is 17.7 Å². The number of carbonyl (C=O) groups is 1. The van der Waals surface area contributed by atoms with Crippen LogP contribution in [-0.4, -0.2) is 51.9 Å². The van der Waals surface area contributed by atoms with Crippen LogP contribution in [0.2, 0.25) is 0 Å². The lowest BCUT2D eigenvalue weighted by atomic mass is 9.94. The monoisotopic (exact) mass is 360 g/mol. The van der Waals surface area contributed by atoms with Crippen molar-refractivity contribution in [2.75, 3.05) is 19.9 Å². The molecule has 134 valence electrons. The lowest BCUT2D eigenvalue weighted by Crippen LogP contribution is -2.39. The summed E-state index contributed by atoms with van der Waals surface area (Å²) in [7, 11) is 3.55. The number of carbonyl (C=O) groups excluding carboxylic acids is 1. The summed E-state index contributed by atoms with van der Waals surface area (Å²) in [6.07, 6.45) is 5.98. The van der Waals surface area contributed by atoms with Crippen LogP contribution in [0.5, 0.6) is 5.75 Å². The molecule has 1 aliphatic carbocycles. The van der Waals surface area contributed by atoms with Gasteiger partial charge in [0.1, 0.15) is 5.75 Å². The molecule has 7 heteroatoms. The van der Waals surface area contributed by atoms with E-state index in [4.69, 9.17) is 4.74 Å². The fraction of sp³-hybridized carbons (Fsp3) is 0.500. The number of benzene rings is 1. The molecule has 1 aromatic carbocycles. The third kappa shape index (κ3) is 4.54. The van der Waals surface area contributed by atoms with Crippen molar-refractivity contribution in [1.29, 1.82) is 0 Å². The topological polar surface area (TPSA) is 71.1 Å². The zero-order valence-electron chi connectivity index (χ0n) is 14.7. The Balaban J connectivity index is 1.54. The van der Waals surface area contributed by atoms with Crippen LogP contribution < -0.4 is 4.74 Å². The van der Waals surface area contributed by atoms with Gasteiger partial charge in [-0.05, 0) is 37.1 Å². The van der Waals surface area contributed by atoms with E-state index in [-0.39, 0.29) is 5.91 Å². The smallest absolute Gasteiger partial charge is 0.233 e. The predicted molar refractivity (Wildman–Crippen MR) is 98.7 cm³/mol. The Labute approximate surface area is 152 Å². The molecule has 0 bridgehead atoms. The molecular weight excluding hydrogens is 336 g/mol. The van der Waals surface area contributed by atoms with Crippen LogP contribution in [0.4, 0.5) is 0 Å². The third-order valence-corrected chi connectivity index (χ3v) is 5.50. The zero-order valence-corrected chi connectivity index (χ0v) is 15.5. The summed E-state index contributed by atoms with van der Waals surface area (Å²) in [5.41, 5.74) is 0.936. The van der Waals surface area contributed by atoms with Gasteiger partial charge in [0.25, 0.3) is 0 Å². The lowest BCUT2D eigenvalue weighted by molar-refractivity contribution is -0.129. The van der Waals surface area contributed by atoms with Gasteiger partial charge >= 0.3 is 0 Å². The number of ether oxygens (including phenoxy) is 1. The van der Waals surface area contributed by atoms with E-state index in [1.807, 2.05) is 36.2 Å². The molecule has 25 heavy (non-hydrogen) atoms. The maximum atomic E-state index is 12.4. The lowest BCUT2D eigenvalue weighted by Gasteiger charge is -2.31. The first-order chi connectivity index (χ1) is 12.2. The molecule has 1 amide bonds. The molecule has 1 aliphatic rings. The Bertz CT molecular complexity index is 695. The van der Waals surface area contributed by atoms with Crippen LogP contribution in [0.15, 0.2) is 29.4 Å². The maximum absolute atomic E-state index is 12.4. The number of aromatic nitrogens is 3. The average Bonchev–Trinajstić information content (AvgIpc) is 3.15. The standard InChI is InChI=1S/C18H24N4O2S/c1-22(14-6-4-3-5-7-14)16(23)12-25-18-19-17(20-21-18)13-8-10-15(24-2)11-9-13/h8-11,14H,3-7,12H2,1-2H3,(H,19,20,21). The SMILES string of the molecule is COc1ccc(-c2nc(SCC(=O)N(C)C3CCCCC3)n[nH]2)cc1. The molecule has 6 nitrogen and oxygen atoms in total. The number of amides is 1. The summed E-state index contributed by atoms with van der Waals surface area (Å²) in [5, 5.41) is 7.73. The molecule has 3 rings (SSSR count). The highest BCUT2D eigenvalue weighted by atomic mass is 32.2. The van der Waals surface area contributed by atoms with Crippen LogP contribution in [0.3, 0.4) is 0 Å². The van der Waals surface area contributed by atoms with E-state index in [0.29, 0.717) is 22.8 Å². The second kappa shape index (κ2) is 8.38. The predicted octanol–water partition coefficient (Wildman–Crippen LogP) is 3.36. The quantitative estimate of drug-likeness (QED) is 0.800. The first kappa shape index (κ1) is 17.8. The van der Waals surface area contributed by atoms with Gasteiger partial charge in [0.05, 0.1) is 12.9 Å². The minimum absolute atomic E-state index is 0.146. The Kier molecular flexibility index (Phi) is 5.96. The minimum atomic E-state index is 0.146. The minimum Gasteiger partial charge on any atom is -0.497 e. The van der Waals surface area contributed by atoms with E-state index >= 15 is 0 Å². The van der Waals surface area contributed by atoms with Crippen LogP contribution in [0.25, 0.3) is 11.4 Å². The van der Waals surface area contributed by atoms with Gasteiger partial charge in [-0.15, -0.1) is 5.10 Å². The number of hydrogen-bond acceptors (Lipinski definition) is 5. The molecule has 1 saturated carbocycles. The fourth-order valence-corrected chi connectivity index (χ4v) is 3.81. The number of H-pyrrole nitrogens is 1. The van der Waals surface area contributed by atoms with Crippen molar-refractivity contribution in [2.45, 2.75) is 43.3 Å². The number of rotatable bonds is 6. The molecule has 1 aromatic heterocycles. The van der Waals surface area contributed by atoms with Crippen molar-refractivity contribution < 1.29 is 9.53 Å². The number of hydrogen-bond donors (Lipinski definition) is 1. The summed E-state index contributed by atoms with van der Waals surface area (Å²) in [4.78, 5) is 18.8. The van der Waals surface area contributed by atoms with E-state index in [2.05, 4.69) is 15.2 Å². The second-order valence-electron chi connectivity index (χ2n) is 6.28. The van der Waals surface area contributed by atoms with E-state index in [1.165, 1.54) is 31.0 Å². The van der Waals surface area contributed by atoms with Crippen LogP contribution in [0.1, 0.15) is 32.1 Å². The molecule has 0 unspecified atom stereocenters. The largest absolute Gasteiger partial charge is 0.497 e. The summed E-state index contributed by atoms with van der Waals surface area (Å²) < 4.78 is 5.16. The highest BCUT2D eigenvalue weighted by molar-refractivity contribution is 7.99. The van der Waals surface area contributed by atoms with E-state index < -0.39 is 0 Å². The van der Waals surface area contributed by atoms with Gasteiger partial charge in [-0.2, -0.15) is 0 Å². The molecule has 0 saturated heterocycles. The van der Waals surface area contributed by atoms with Gasteiger partial charge in [-0.25, -0.2) is 4.98 Å². The number of methoxy groups -OCH3 is 1. The molecule has 0 spiro atoms. The molecule has 0 aliphatic heterocycles. The normalized spacial score (nSPS) is 15.1. The summed E-state index contributed by atoms with van der Waals surface area (Å²) >= 11 is 1.37. The number of nitrogens with one attached hydrogen (secondary N) is 1. The van der Waals surface area contributed by atoms with Gasteiger partial charge in [-0.1, -0.05) is 31.0 Å². The van der Waals surface area contributed by atoms with Crippen molar-refractivity contribution in [1.82, 2.24) is 20.1 Å². The Morgan fingerprint density at radius 2 is 2.00 bits per heavy atom. The van der Waals surface area contributed by atoms with Gasteiger partial charge in [0.15, 0.2) is 5.82 Å². The van der Waals surface area contributed by atoms with E-state index in [9.17, 15) is 4.79 Å². The number of aromatic amines is 1. The third-order valence-electron chi connectivity index (χ3n) is 4.67. The summed E-state index contributed by atoms with van der Waals surface area (Å²) in [5.74, 6) is 2.01. The Morgan fingerprint density at radius 3 is 2.68 bits per heavy atom. The number of thioether (sulfide) groups is 1. The highest BCUT2D eigenvalue weighted by Gasteiger charge is 2.22. The van der Waals surface area contributed by atoms with Crippen LogP contribution in [0, 0.1) is 0 Å². The van der Waals surface area contributed by atoms with Crippen molar-refractivity contribution in [3.05, 3.63) is 24.3 Å². The number of nitrogens with zero attached hydrogens (tertiary/aromatic N) is 3. The van der Waals surface area contributed by atoms with Gasteiger partial charge < -0.3 is 9.64 Å². The van der Waals surface area contributed by atoms with Crippen molar-refractivity contribution in [3.63, 3.8) is 0 Å². The Hall–Kier alpha value is -2.02. The molecule has 2 aromatic rings. The summed E-state index contributed by atoms with van der Waals surface area (Å²) in [6, 6.07) is 8.01. The molecule has 1 heterocycles. The van der Waals surface area contributed by atoms with E-state index in [1.54, 1.807) is 7.11 Å². The molecule has 1 fully saturated rings. The van der Waals surface area contributed by atoms with E-state index in [0.717, 1.165) is 24.2 Å². The maximum Gasteiger partial charge on any atom is 0.233 e. The van der Waals surface area contributed by atoms with Crippen molar-refractivity contribution in [3.8, 4) is 17.1 Å². The van der Waals surface area contributed by atoms with Gasteiger partial charge in [-0.3, -0.25) is 9.89 Å². The van der Waals surface area contributed by atoms with Gasteiger partial charge in [0, 0.05) is 18.7 Å².